The highest BCUT2D eigenvalue weighted by molar-refractivity contribution is 5.40. The van der Waals surface area contributed by atoms with E-state index in [-0.39, 0.29) is 0 Å². The van der Waals surface area contributed by atoms with Crippen LogP contribution in [0.15, 0.2) is 78.9 Å². The van der Waals surface area contributed by atoms with Gasteiger partial charge >= 0.3 is 0 Å². The summed E-state index contributed by atoms with van der Waals surface area (Å²) in [5.41, 5.74) is 3.97. The summed E-state index contributed by atoms with van der Waals surface area (Å²) >= 11 is 0. The Morgan fingerprint density at radius 2 is 1.40 bits per heavy atom. The summed E-state index contributed by atoms with van der Waals surface area (Å²) < 4.78 is 10.8. The maximum absolute atomic E-state index is 5.53. The molecule has 0 fully saturated rings. The van der Waals surface area contributed by atoms with Crippen LogP contribution in [0, 0.1) is 0 Å². The summed E-state index contributed by atoms with van der Waals surface area (Å²) in [6.07, 6.45) is 3.11. The number of aryl methyl sites for hydroxylation is 1. The molecule has 3 rings (SSSR count). The highest BCUT2D eigenvalue weighted by Crippen LogP contribution is 2.28. The monoisotopic (exact) mass is 403 g/mol. The largest absolute Gasteiger partial charge is 0.497 e. The number of rotatable bonds is 11. The second kappa shape index (κ2) is 11.4. The van der Waals surface area contributed by atoms with E-state index in [9.17, 15) is 0 Å². The van der Waals surface area contributed by atoms with Gasteiger partial charge in [0.05, 0.1) is 14.2 Å². The molecule has 0 spiro atoms. The van der Waals surface area contributed by atoms with Gasteiger partial charge in [0.15, 0.2) is 0 Å². The molecular formula is C27H33NO2. The summed E-state index contributed by atoms with van der Waals surface area (Å²) in [7, 11) is 3.39. The summed E-state index contributed by atoms with van der Waals surface area (Å²) in [6.45, 7) is 3.24. The summed E-state index contributed by atoms with van der Waals surface area (Å²) in [6, 6.07) is 28.1. The minimum absolute atomic E-state index is 0.411. The standard InChI is InChI=1S/C27H33NO2/c1-21(14-15-24-16-17-25(29-2)20-27(24)30-3)28-19-18-26(22-10-6-4-7-11-22)23-12-8-5-9-13-23/h4-13,16-17,20-21,26,28H,14-15,18-19H2,1-3H3/t21-/m1/s1. The van der Waals surface area contributed by atoms with Crippen molar-refractivity contribution in [3.05, 3.63) is 95.6 Å². The minimum atomic E-state index is 0.411. The first-order valence-electron chi connectivity index (χ1n) is 10.8. The van der Waals surface area contributed by atoms with Gasteiger partial charge in [0.1, 0.15) is 11.5 Å². The topological polar surface area (TPSA) is 30.5 Å². The van der Waals surface area contributed by atoms with Crippen LogP contribution in [0.3, 0.4) is 0 Å². The number of methoxy groups -OCH3 is 2. The van der Waals surface area contributed by atoms with Crippen LogP contribution in [0.1, 0.15) is 42.4 Å². The predicted molar refractivity (Wildman–Crippen MR) is 125 cm³/mol. The van der Waals surface area contributed by atoms with Gasteiger partial charge in [-0.2, -0.15) is 0 Å². The molecule has 0 saturated carbocycles. The lowest BCUT2D eigenvalue weighted by Gasteiger charge is -2.21. The van der Waals surface area contributed by atoms with Crippen molar-refractivity contribution in [2.24, 2.45) is 0 Å². The first kappa shape index (κ1) is 21.9. The van der Waals surface area contributed by atoms with Crippen LogP contribution in [0.4, 0.5) is 0 Å². The second-order valence-corrected chi connectivity index (χ2v) is 7.73. The zero-order valence-corrected chi connectivity index (χ0v) is 18.3. The van der Waals surface area contributed by atoms with E-state index in [0.717, 1.165) is 37.3 Å². The maximum atomic E-state index is 5.53. The molecule has 1 N–H and O–H groups in total. The predicted octanol–water partition coefficient (Wildman–Crippen LogP) is 5.84. The molecule has 0 aromatic heterocycles. The van der Waals surface area contributed by atoms with Crippen LogP contribution in [0.2, 0.25) is 0 Å². The van der Waals surface area contributed by atoms with E-state index in [1.54, 1.807) is 14.2 Å². The summed E-state index contributed by atoms with van der Waals surface area (Å²) in [5.74, 6) is 2.14. The van der Waals surface area contributed by atoms with Crippen molar-refractivity contribution in [3.63, 3.8) is 0 Å². The molecule has 0 saturated heterocycles. The van der Waals surface area contributed by atoms with Crippen LogP contribution in [0.5, 0.6) is 11.5 Å². The van der Waals surface area contributed by atoms with E-state index in [2.05, 4.69) is 79.0 Å². The van der Waals surface area contributed by atoms with Gasteiger partial charge in [-0.15, -0.1) is 0 Å². The van der Waals surface area contributed by atoms with E-state index in [1.807, 2.05) is 12.1 Å². The molecule has 0 amide bonds. The molecular weight excluding hydrogens is 370 g/mol. The summed E-state index contributed by atoms with van der Waals surface area (Å²) in [4.78, 5) is 0. The van der Waals surface area contributed by atoms with Gasteiger partial charge in [-0.1, -0.05) is 66.7 Å². The van der Waals surface area contributed by atoms with E-state index in [1.165, 1.54) is 16.7 Å². The van der Waals surface area contributed by atoms with Crippen molar-refractivity contribution < 1.29 is 9.47 Å². The van der Waals surface area contributed by atoms with Gasteiger partial charge in [-0.3, -0.25) is 0 Å². The molecule has 0 aliphatic carbocycles. The molecule has 3 aromatic rings. The molecule has 158 valence electrons. The molecule has 1 atom stereocenters. The van der Waals surface area contributed by atoms with Crippen molar-refractivity contribution in [1.29, 1.82) is 0 Å². The molecule has 3 nitrogen and oxygen atoms in total. The Kier molecular flexibility index (Phi) is 8.34. The highest BCUT2D eigenvalue weighted by Gasteiger charge is 2.14. The molecule has 3 heteroatoms. The van der Waals surface area contributed by atoms with Crippen molar-refractivity contribution in [2.75, 3.05) is 20.8 Å². The van der Waals surface area contributed by atoms with E-state index in [0.29, 0.717) is 12.0 Å². The number of nitrogens with one attached hydrogen (secondary N) is 1. The van der Waals surface area contributed by atoms with Crippen molar-refractivity contribution in [1.82, 2.24) is 5.32 Å². The Balaban J connectivity index is 1.54. The second-order valence-electron chi connectivity index (χ2n) is 7.73. The van der Waals surface area contributed by atoms with Crippen LogP contribution in [-0.2, 0) is 6.42 Å². The van der Waals surface area contributed by atoms with Gasteiger partial charge in [-0.05, 0) is 55.5 Å². The van der Waals surface area contributed by atoms with Crippen molar-refractivity contribution in [2.45, 2.75) is 38.1 Å². The smallest absolute Gasteiger partial charge is 0.125 e. The molecule has 0 radical (unpaired) electrons. The van der Waals surface area contributed by atoms with Crippen molar-refractivity contribution >= 4 is 0 Å². The van der Waals surface area contributed by atoms with Gasteiger partial charge in [0, 0.05) is 18.0 Å². The Hall–Kier alpha value is -2.78. The number of benzene rings is 3. The maximum Gasteiger partial charge on any atom is 0.125 e. The third-order valence-electron chi connectivity index (χ3n) is 5.67. The average molecular weight is 404 g/mol. The fourth-order valence-corrected chi connectivity index (χ4v) is 3.90. The van der Waals surface area contributed by atoms with E-state index >= 15 is 0 Å². The normalized spacial score (nSPS) is 12.0. The Morgan fingerprint density at radius 3 is 1.97 bits per heavy atom. The van der Waals surface area contributed by atoms with Gasteiger partial charge in [0.2, 0.25) is 0 Å². The Labute approximate surface area is 181 Å². The van der Waals surface area contributed by atoms with Crippen LogP contribution in [-0.4, -0.2) is 26.8 Å². The molecule has 0 bridgehead atoms. The molecule has 0 aliphatic heterocycles. The van der Waals surface area contributed by atoms with Crippen LogP contribution >= 0.6 is 0 Å². The summed E-state index contributed by atoms with van der Waals surface area (Å²) in [5, 5.41) is 3.72. The average Bonchev–Trinajstić information content (AvgIpc) is 2.81. The van der Waals surface area contributed by atoms with Crippen molar-refractivity contribution in [3.8, 4) is 11.5 Å². The van der Waals surface area contributed by atoms with Crippen LogP contribution < -0.4 is 14.8 Å². The van der Waals surface area contributed by atoms with E-state index < -0.39 is 0 Å². The zero-order valence-electron chi connectivity index (χ0n) is 18.3. The first-order valence-corrected chi connectivity index (χ1v) is 10.8. The third kappa shape index (κ3) is 6.11. The lowest BCUT2D eigenvalue weighted by Crippen LogP contribution is -2.28. The fraction of sp³-hybridized carbons (Fsp3) is 0.333. The lowest BCUT2D eigenvalue weighted by atomic mass is 9.88. The van der Waals surface area contributed by atoms with Gasteiger partial charge in [-0.25, -0.2) is 0 Å². The Bertz CT molecular complexity index is 840. The highest BCUT2D eigenvalue weighted by atomic mass is 16.5. The molecule has 30 heavy (non-hydrogen) atoms. The lowest BCUT2D eigenvalue weighted by molar-refractivity contribution is 0.389. The quantitative estimate of drug-likeness (QED) is 0.436. The first-order chi connectivity index (χ1) is 14.7. The fourth-order valence-electron chi connectivity index (χ4n) is 3.90. The van der Waals surface area contributed by atoms with E-state index in [4.69, 9.17) is 9.47 Å². The van der Waals surface area contributed by atoms with Gasteiger partial charge < -0.3 is 14.8 Å². The number of hydrogen-bond donors (Lipinski definition) is 1. The minimum Gasteiger partial charge on any atom is -0.497 e. The van der Waals surface area contributed by atoms with Crippen LogP contribution in [0.25, 0.3) is 0 Å². The molecule has 0 heterocycles. The zero-order chi connectivity index (χ0) is 21.2. The number of ether oxygens (including phenoxy) is 2. The van der Waals surface area contributed by atoms with Gasteiger partial charge in [0.25, 0.3) is 0 Å². The number of hydrogen-bond acceptors (Lipinski definition) is 3. The third-order valence-corrected chi connectivity index (χ3v) is 5.67. The Morgan fingerprint density at radius 1 is 0.767 bits per heavy atom. The molecule has 0 aliphatic rings. The molecule has 0 unspecified atom stereocenters. The SMILES string of the molecule is COc1ccc(CC[C@@H](C)NCCC(c2ccccc2)c2ccccc2)c(OC)c1. The molecule has 3 aromatic carbocycles.